The SMILES string of the molecule is CC(C)[C@H](C)N1C=C=C(c2cc(N3CC[C@@H](O)C3)n(C=N)n2)c2[nH]nc(N)c2C1=O. The van der Waals surface area contributed by atoms with Gasteiger partial charge in [0.15, 0.2) is 5.82 Å². The first-order chi connectivity index (χ1) is 14.3. The zero-order chi connectivity index (χ0) is 21.6. The molecule has 4 rings (SSSR count). The molecular weight excluding hydrogens is 384 g/mol. The first kappa shape index (κ1) is 19.9. The molecule has 4 heterocycles. The van der Waals surface area contributed by atoms with Crippen molar-refractivity contribution in [2.45, 2.75) is 39.3 Å². The fourth-order valence-electron chi connectivity index (χ4n) is 3.76. The summed E-state index contributed by atoms with van der Waals surface area (Å²) in [6, 6.07) is 1.76. The van der Waals surface area contributed by atoms with Crippen LogP contribution in [0.25, 0.3) is 5.57 Å². The number of nitrogen functional groups attached to an aromatic ring is 1. The van der Waals surface area contributed by atoms with Gasteiger partial charge in [-0.15, -0.1) is 0 Å². The average Bonchev–Trinajstić information content (AvgIpc) is 3.40. The maximum Gasteiger partial charge on any atom is 0.264 e. The molecule has 2 aliphatic rings. The highest BCUT2D eigenvalue weighted by molar-refractivity contribution is 6.05. The molecule has 158 valence electrons. The Bertz CT molecular complexity index is 1060. The molecule has 2 aromatic heterocycles. The quantitative estimate of drug-likeness (QED) is 0.332. The number of carbonyl (C=O) groups excluding carboxylic acids is 1. The van der Waals surface area contributed by atoms with E-state index in [2.05, 4.69) is 21.0 Å². The maximum atomic E-state index is 13.2. The van der Waals surface area contributed by atoms with Crippen molar-refractivity contribution in [1.29, 1.82) is 5.41 Å². The Hall–Kier alpha value is -3.36. The first-order valence-corrected chi connectivity index (χ1v) is 9.99. The van der Waals surface area contributed by atoms with Crippen LogP contribution in [-0.2, 0) is 0 Å². The van der Waals surface area contributed by atoms with E-state index >= 15 is 0 Å². The van der Waals surface area contributed by atoms with Gasteiger partial charge in [0.05, 0.1) is 23.6 Å². The summed E-state index contributed by atoms with van der Waals surface area (Å²) in [5.41, 5.74) is 11.1. The van der Waals surface area contributed by atoms with E-state index in [9.17, 15) is 9.90 Å². The molecule has 2 atom stereocenters. The number of nitrogens with zero attached hydrogens (tertiary/aromatic N) is 5. The third-order valence-corrected chi connectivity index (χ3v) is 5.83. The molecule has 1 fully saturated rings. The minimum Gasteiger partial charge on any atom is -0.391 e. The van der Waals surface area contributed by atoms with Crippen LogP contribution in [0, 0.1) is 11.3 Å². The van der Waals surface area contributed by atoms with Crippen LogP contribution in [0.15, 0.2) is 18.0 Å². The number of nitrogens with one attached hydrogen (secondary N) is 2. The summed E-state index contributed by atoms with van der Waals surface area (Å²) in [5, 5.41) is 29.0. The molecule has 2 aliphatic heterocycles. The van der Waals surface area contributed by atoms with E-state index in [0.29, 0.717) is 47.9 Å². The van der Waals surface area contributed by atoms with Gasteiger partial charge < -0.3 is 20.6 Å². The number of aliphatic hydroxyl groups excluding tert-OH is 1. The van der Waals surface area contributed by atoms with Crippen molar-refractivity contribution in [1.82, 2.24) is 24.9 Å². The molecule has 0 aliphatic carbocycles. The molecule has 10 nitrogen and oxygen atoms in total. The predicted molar refractivity (Wildman–Crippen MR) is 113 cm³/mol. The van der Waals surface area contributed by atoms with E-state index in [0.717, 1.165) is 6.34 Å². The Labute approximate surface area is 174 Å². The second kappa shape index (κ2) is 7.47. The first-order valence-electron chi connectivity index (χ1n) is 9.99. The molecule has 30 heavy (non-hydrogen) atoms. The van der Waals surface area contributed by atoms with Crippen molar-refractivity contribution in [2.24, 2.45) is 5.92 Å². The van der Waals surface area contributed by atoms with E-state index in [-0.39, 0.29) is 23.7 Å². The summed E-state index contributed by atoms with van der Waals surface area (Å²) in [5.74, 6) is 0.813. The summed E-state index contributed by atoms with van der Waals surface area (Å²) in [7, 11) is 0. The lowest BCUT2D eigenvalue weighted by Crippen LogP contribution is -2.37. The van der Waals surface area contributed by atoms with Gasteiger partial charge in [-0.3, -0.25) is 15.3 Å². The van der Waals surface area contributed by atoms with Crippen LogP contribution in [0.2, 0.25) is 0 Å². The Morgan fingerprint density at radius 2 is 2.20 bits per heavy atom. The van der Waals surface area contributed by atoms with Gasteiger partial charge in [0.2, 0.25) is 0 Å². The number of carbonyl (C=O) groups is 1. The molecule has 10 heteroatoms. The number of hydrogen-bond acceptors (Lipinski definition) is 7. The molecule has 0 spiro atoms. The number of nitrogens with two attached hydrogens (primary N) is 1. The highest BCUT2D eigenvalue weighted by atomic mass is 16.3. The van der Waals surface area contributed by atoms with Crippen LogP contribution in [-0.4, -0.2) is 67.5 Å². The topological polar surface area (TPSA) is 140 Å². The molecular formula is C20H26N8O2. The minimum atomic E-state index is -0.401. The smallest absolute Gasteiger partial charge is 0.264 e. The number of aliphatic hydroxyl groups is 1. The van der Waals surface area contributed by atoms with Crippen LogP contribution >= 0.6 is 0 Å². The number of fused-ring (bicyclic) bond motifs is 1. The Morgan fingerprint density at radius 3 is 2.83 bits per heavy atom. The Kier molecular flexibility index (Phi) is 4.97. The van der Waals surface area contributed by atoms with Crippen LogP contribution in [0.3, 0.4) is 0 Å². The number of aromatic amines is 1. The number of amides is 1. The number of β-amino-alcohol motifs (C(OH)–C–C–N with tert-alkyl or cyclic N) is 1. The van der Waals surface area contributed by atoms with Gasteiger partial charge in [-0.05, 0) is 19.3 Å². The predicted octanol–water partition coefficient (Wildman–Crippen LogP) is 1.26. The van der Waals surface area contributed by atoms with Gasteiger partial charge in [-0.25, -0.2) is 4.68 Å². The third kappa shape index (κ3) is 3.20. The highest BCUT2D eigenvalue weighted by Crippen LogP contribution is 2.32. The fourth-order valence-corrected chi connectivity index (χ4v) is 3.76. The number of hydrogen-bond donors (Lipinski definition) is 4. The lowest BCUT2D eigenvalue weighted by Gasteiger charge is -2.27. The molecule has 0 aromatic carbocycles. The van der Waals surface area contributed by atoms with E-state index in [1.54, 1.807) is 11.1 Å². The Morgan fingerprint density at radius 1 is 1.43 bits per heavy atom. The molecule has 1 amide bonds. The van der Waals surface area contributed by atoms with Gasteiger partial charge in [-0.2, -0.15) is 10.2 Å². The van der Waals surface area contributed by atoms with Gasteiger partial charge >= 0.3 is 0 Å². The monoisotopic (exact) mass is 410 g/mol. The summed E-state index contributed by atoms with van der Waals surface area (Å²) >= 11 is 0. The van der Waals surface area contributed by atoms with Crippen molar-refractivity contribution in [2.75, 3.05) is 23.7 Å². The largest absolute Gasteiger partial charge is 0.391 e. The number of rotatable bonds is 5. The van der Waals surface area contributed by atoms with Crippen LogP contribution in [0.5, 0.6) is 0 Å². The van der Waals surface area contributed by atoms with Gasteiger partial charge in [-0.1, -0.05) is 19.6 Å². The zero-order valence-electron chi connectivity index (χ0n) is 17.3. The van der Waals surface area contributed by atoms with Crippen LogP contribution < -0.4 is 10.6 Å². The van der Waals surface area contributed by atoms with Gasteiger partial charge in [0, 0.05) is 25.2 Å². The van der Waals surface area contributed by atoms with Crippen molar-refractivity contribution in [3.8, 4) is 0 Å². The molecule has 0 saturated carbocycles. The van der Waals surface area contributed by atoms with Crippen molar-refractivity contribution < 1.29 is 9.90 Å². The molecule has 5 N–H and O–H groups in total. The summed E-state index contributed by atoms with van der Waals surface area (Å²) in [6.45, 7) is 7.22. The average molecular weight is 410 g/mol. The number of H-pyrrole nitrogens is 1. The zero-order valence-corrected chi connectivity index (χ0v) is 17.3. The standard InChI is InChI=1S/C20H26N8O2/c1-11(2)12(3)27-7-5-14(18-17(20(27)30)19(22)24-23-18)15-8-16(28(10-21)25-15)26-6-4-13(29)9-26/h7-8,10-13,21,29H,4,6,9H2,1-3H3,(H3,22,23,24)/t12-,13+/m0/s1. The molecule has 0 unspecified atom stereocenters. The Balaban J connectivity index is 1.84. The van der Waals surface area contributed by atoms with Crippen molar-refractivity contribution in [3.63, 3.8) is 0 Å². The number of anilines is 2. The molecule has 0 bridgehead atoms. The molecule has 1 saturated heterocycles. The lowest BCUT2D eigenvalue weighted by atomic mass is 10.0. The number of aromatic nitrogens is 4. The normalized spacial score (nSPS) is 19.8. The molecule has 2 aromatic rings. The summed E-state index contributed by atoms with van der Waals surface area (Å²) in [4.78, 5) is 16.8. The van der Waals surface area contributed by atoms with Crippen molar-refractivity contribution in [3.05, 3.63) is 34.9 Å². The molecule has 0 radical (unpaired) electrons. The third-order valence-electron chi connectivity index (χ3n) is 5.83. The van der Waals surface area contributed by atoms with Crippen LogP contribution in [0.1, 0.15) is 48.9 Å². The van der Waals surface area contributed by atoms with E-state index in [1.165, 1.54) is 4.68 Å². The second-order valence-electron chi connectivity index (χ2n) is 8.05. The fraction of sp³-hybridized carbons (Fsp3) is 0.450. The van der Waals surface area contributed by atoms with E-state index in [4.69, 9.17) is 11.1 Å². The second-order valence-corrected chi connectivity index (χ2v) is 8.05. The summed E-state index contributed by atoms with van der Waals surface area (Å²) in [6.07, 6.45) is 3.02. The van der Waals surface area contributed by atoms with E-state index < -0.39 is 6.10 Å². The summed E-state index contributed by atoms with van der Waals surface area (Å²) < 4.78 is 1.45. The lowest BCUT2D eigenvalue weighted by molar-refractivity contribution is 0.0749. The maximum absolute atomic E-state index is 13.2. The van der Waals surface area contributed by atoms with E-state index in [1.807, 2.05) is 31.7 Å². The minimum absolute atomic E-state index is 0.0627. The van der Waals surface area contributed by atoms with Crippen molar-refractivity contribution >= 4 is 29.5 Å². The van der Waals surface area contributed by atoms with Gasteiger partial charge in [0.1, 0.15) is 23.4 Å². The highest BCUT2D eigenvalue weighted by Gasteiger charge is 2.32. The van der Waals surface area contributed by atoms with Gasteiger partial charge in [0.25, 0.3) is 5.91 Å². The van der Waals surface area contributed by atoms with Crippen LogP contribution in [0.4, 0.5) is 11.6 Å².